The van der Waals surface area contributed by atoms with Gasteiger partial charge in [-0.3, -0.25) is 9.59 Å². The molecule has 6 heteroatoms. The van der Waals surface area contributed by atoms with Crippen molar-refractivity contribution in [2.45, 2.75) is 32.2 Å². The van der Waals surface area contributed by atoms with Gasteiger partial charge in [0.25, 0.3) is 5.91 Å². The van der Waals surface area contributed by atoms with Crippen LogP contribution in [-0.4, -0.2) is 41.3 Å². The molecule has 1 aromatic rings. The summed E-state index contributed by atoms with van der Waals surface area (Å²) in [5.74, 6) is -0.0486. The van der Waals surface area contributed by atoms with Crippen molar-refractivity contribution in [1.29, 1.82) is 0 Å². The number of aromatic nitrogens is 1. The highest BCUT2D eigenvalue weighted by Gasteiger charge is 2.24. The number of hydrogen-bond donors (Lipinski definition) is 1. The number of hydrogen-bond acceptors (Lipinski definition) is 3. The van der Waals surface area contributed by atoms with Crippen LogP contribution < -0.4 is 5.32 Å². The minimum Gasteiger partial charge on any atom is -0.348 e. The number of likely N-dealkylation sites (N-methyl/N-ethyl adjacent to an activating group) is 1. The molecule has 1 atom stereocenters. The fourth-order valence-corrected chi connectivity index (χ4v) is 2.49. The fraction of sp³-hybridized carbons (Fsp3) is 0.500. The van der Waals surface area contributed by atoms with Gasteiger partial charge in [0.2, 0.25) is 5.91 Å². The normalized spacial score (nSPS) is 19.1. The second kappa shape index (κ2) is 6.22. The summed E-state index contributed by atoms with van der Waals surface area (Å²) >= 11 is 5.91. The highest BCUT2D eigenvalue weighted by molar-refractivity contribution is 6.29. The van der Waals surface area contributed by atoms with E-state index < -0.39 is 0 Å². The Labute approximate surface area is 123 Å². The van der Waals surface area contributed by atoms with E-state index in [1.165, 1.54) is 0 Å². The van der Waals surface area contributed by atoms with Gasteiger partial charge in [-0.05, 0) is 25.0 Å². The number of pyridine rings is 1. The molecule has 20 heavy (non-hydrogen) atoms. The van der Waals surface area contributed by atoms with Crippen molar-refractivity contribution < 1.29 is 9.59 Å². The van der Waals surface area contributed by atoms with Crippen LogP contribution in [0.15, 0.2) is 12.1 Å². The number of amides is 2. The van der Waals surface area contributed by atoms with E-state index in [4.69, 9.17) is 11.6 Å². The molecule has 0 spiro atoms. The maximum Gasteiger partial charge on any atom is 0.251 e. The van der Waals surface area contributed by atoms with E-state index >= 15 is 0 Å². The molecule has 0 bridgehead atoms. The van der Waals surface area contributed by atoms with Gasteiger partial charge in [-0.15, -0.1) is 0 Å². The molecule has 1 N–H and O–H groups in total. The summed E-state index contributed by atoms with van der Waals surface area (Å²) in [4.78, 5) is 29.4. The number of nitrogens with one attached hydrogen (secondary N) is 1. The van der Waals surface area contributed by atoms with Crippen LogP contribution in [0.25, 0.3) is 0 Å². The minimum atomic E-state index is -0.170. The van der Waals surface area contributed by atoms with Gasteiger partial charge in [0, 0.05) is 37.3 Å². The van der Waals surface area contributed by atoms with Crippen LogP contribution in [0.3, 0.4) is 0 Å². The van der Waals surface area contributed by atoms with E-state index in [0.29, 0.717) is 30.1 Å². The third kappa shape index (κ3) is 3.48. The second-order valence-electron chi connectivity index (χ2n) is 5.01. The number of aryl methyl sites for hydroxylation is 1. The lowest BCUT2D eigenvalue weighted by molar-refractivity contribution is -0.132. The van der Waals surface area contributed by atoms with E-state index in [1.54, 1.807) is 24.1 Å². The first-order valence-corrected chi connectivity index (χ1v) is 7.08. The van der Waals surface area contributed by atoms with Crippen LogP contribution in [0, 0.1) is 0 Å². The number of carbonyl (C=O) groups is 2. The van der Waals surface area contributed by atoms with Crippen molar-refractivity contribution >= 4 is 23.4 Å². The molecule has 1 aliphatic heterocycles. The molecule has 1 saturated heterocycles. The summed E-state index contributed by atoms with van der Waals surface area (Å²) in [5, 5.41) is 3.27. The highest BCUT2D eigenvalue weighted by Crippen LogP contribution is 2.14. The maximum absolute atomic E-state index is 12.2. The van der Waals surface area contributed by atoms with Crippen molar-refractivity contribution in [3.05, 3.63) is 28.5 Å². The molecule has 2 amide bonds. The number of carbonyl (C=O) groups excluding carboxylic acids is 2. The number of rotatable bonds is 3. The molecule has 0 aromatic carbocycles. The van der Waals surface area contributed by atoms with Crippen LogP contribution in [0.1, 0.15) is 35.8 Å². The predicted molar refractivity (Wildman–Crippen MR) is 76.8 cm³/mol. The summed E-state index contributed by atoms with van der Waals surface area (Å²) in [6.07, 6.45) is 1.87. The Kier molecular flexibility index (Phi) is 4.60. The van der Waals surface area contributed by atoms with E-state index in [0.717, 1.165) is 12.1 Å². The molecular formula is C14H18ClN3O2. The van der Waals surface area contributed by atoms with Gasteiger partial charge in [0.15, 0.2) is 0 Å². The summed E-state index contributed by atoms with van der Waals surface area (Å²) < 4.78 is 0. The summed E-state index contributed by atoms with van der Waals surface area (Å²) in [7, 11) is 1.75. The molecule has 0 radical (unpaired) electrons. The molecule has 1 fully saturated rings. The Hall–Kier alpha value is -1.62. The van der Waals surface area contributed by atoms with E-state index in [1.807, 2.05) is 6.92 Å². The van der Waals surface area contributed by atoms with Crippen LogP contribution in [0.4, 0.5) is 0 Å². The van der Waals surface area contributed by atoms with Crippen molar-refractivity contribution in [1.82, 2.24) is 15.2 Å². The zero-order chi connectivity index (χ0) is 14.7. The fourth-order valence-electron chi connectivity index (χ4n) is 2.26. The smallest absolute Gasteiger partial charge is 0.251 e. The number of likely N-dealkylation sites (tertiary alicyclic amines) is 1. The Bertz CT molecular complexity index is 533. The van der Waals surface area contributed by atoms with Crippen LogP contribution in [0.2, 0.25) is 5.15 Å². The Balaban J connectivity index is 2.05. The van der Waals surface area contributed by atoms with Gasteiger partial charge in [0.1, 0.15) is 5.15 Å². The lowest BCUT2D eigenvalue weighted by Gasteiger charge is -2.30. The van der Waals surface area contributed by atoms with Gasteiger partial charge >= 0.3 is 0 Å². The van der Waals surface area contributed by atoms with Gasteiger partial charge in [-0.1, -0.05) is 18.5 Å². The molecule has 5 nitrogen and oxygen atoms in total. The van der Waals surface area contributed by atoms with Crippen molar-refractivity contribution in [2.75, 3.05) is 13.6 Å². The summed E-state index contributed by atoms with van der Waals surface area (Å²) in [6.45, 7) is 2.51. The molecule has 1 unspecified atom stereocenters. The standard InChI is InChI=1S/C14H18ClN3O2/c1-3-10-6-9(7-12(15)16-10)14(20)17-11-4-5-13(19)18(2)8-11/h6-7,11H,3-5,8H2,1-2H3,(H,17,20). The SMILES string of the molecule is CCc1cc(C(=O)NC2CCC(=O)N(C)C2)cc(Cl)n1. The summed E-state index contributed by atoms with van der Waals surface area (Å²) in [5.41, 5.74) is 1.31. The largest absolute Gasteiger partial charge is 0.348 e. The minimum absolute atomic E-state index is 0.0118. The van der Waals surface area contributed by atoms with Crippen LogP contribution in [-0.2, 0) is 11.2 Å². The second-order valence-corrected chi connectivity index (χ2v) is 5.39. The lowest BCUT2D eigenvalue weighted by atomic mass is 10.0. The quantitative estimate of drug-likeness (QED) is 0.863. The predicted octanol–water partition coefficient (Wildman–Crippen LogP) is 1.65. The van der Waals surface area contributed by atoms with E-state index in [9.17, 15) is 9.59 Å². The molecule has 1 aliphatic rings. The zero-order valence-corrected chi connectivity index (χ0v) is 12.4. The number of piperidine rings is 1. The van der Waals surface area contributed by atoms with Crippen molar-refractivity contribution in [2.24, 2.45) is 0 Å². The van der Waals surface area contributed by atoms with Crippen LogP contribution >= 0.6 is 11.6 Å². The molecule has 2 rings (SSSR count). The number of nitrogens with zero attached hydrogens (tertiary/aromatic N) is 2. The lowest BCUT2D eigenvalue weighted by Crippen LogP contribution is -2.48. The first-order chi connectivity index (χ1) is 9.49. The topological polar surface area (TPSA) is 62.3 Å². The number of halogens is 1. The Morgan fingerprint density at radius 1 is 1.55 bits per heavy atom. The molecular weight excluding hydrogens is 278 g/mol. The molecule has 1 aromatic heterocycles. The third-order valence-corrected chi connectivity index (χ3v) is 3.63. The molecule has 2 heterocycles. The highest BCUT2D eigenvalue weighted by atomic mass is 35.5. The van der Waals surface area contributed by atoms with Crippen LogP contribution in [0.5, 0.6) is 0 Å². The Morgan fingerprint density at radius 3 is 2.95 bits per heavy atom. The van der Waals surface area contributed by atoms with E-state index in [2.05, 4.69) is 10.3 Å². The molecule has 108 valence electrons. The van der Waals surface area contributed by atoms with Crippen molar-refractivity contribution in [3.63, 3.8) is 0 Å². The summed E-state index contributed by atoms with van der Waals surface area (Å²) in [6, 6.07) is 3.30. The molecule has 0 saturated carbocycles. The molecule has 0 aliphatic carbocycles. The monoisotopic (exact) mass is 295 g/mol. The van der Waals surface area contributed by atoms with Gasteiger partial charge in [0.05, 0.1) is 0 Å². The van der Waals surface area contributed by atoms with Gasteiger partial charge < -0.3 is 10.2 Å². The average molecular weight is 296 g/mol. The van der Waals surface area contributed by atoms with Gasteiger partial charge in [-0.2, -0.15) is 0 Å². The third-order valence-electron chi connectivity index (χ3n) is 3.43. The van der Waals surface area contributed by atoms with E-state index in [-0.39, 0.29) is 17.9 Å². The van der Waals surface area contributed by atoms with Gasteiger partial charge in [-0.25, -0.2) is 4.98 Å². The average Bonchev–Trinajstić information content (AvgIpc) is 2.42. The zero-order valence-electron chi connectivity index (χ0n) is 11.6. The Morgan fingerprint density at radius 2 is 2.30 bits per heavy atom. The first-order valence-electron chi connectivity index (χ1n) is 6.71. The maximum atomic E-state index is 12.2. The first kappa shape index (κ1) is 14.8. The van der Waals surface area contributed by atoms with Crippen molar-refractivity contribution in [3.8, 4) is 0 Å².